The van der Waals surface area contributed by atoms with Crippen molar-refractivity contribution in [2.45, 2.75) is 19.4 Å². The molecule has 0 N–H and O–H groups in total. The van der Waals surface area contributed by atoms with Crippen LogP contribution in [0.3, 0.4) is 0 Å². The highest BCUT2D eigenvalue weighted by Crippen LogP contribution is 2.28. The molecule has 0 spiro atoms. The normalized spacial score (nSPS) is 11.5. The lowest BCUT2D eigenvalue weighted by Crippen LogP contribution is -1.98. The van der Waals surface area contributed by atoms with Crippen LogP contribution in [0.1, 0.15) is 16.8 Å². The molecule has 0 fully saturated rings. The van der Waals surface area contributed by atoms with Crippen molar-refractivity contribution >= 4 is 29.4 Å². The van der Waals surface area contributed by atoms with Crippen LogP contribution < -0.4 is 0 Å². The van der Waals surface area contributed by atoms with E-state index in [1.807, 2.05) is 4.68 Å². The second kappa shape index (κ2) is 3.61. The number of fused-ring (bicyclic) bond motifs is 1. The fraction of sp³-hybridized carbons (Fsp3) is 0.300. The zero-order valence-electron chi connectivity index (χ0n) is 8.36. The first-order valence-electron chi connectivity index (χ1n) is 4.56. The highest BCUT2D eigenvalue weighted by atomic mass is 31.1. The Morgan fingerprint density at radius 2 is 2.00 bits per heavy atom. The molecule has 0 aliphatic rings. The molecule has 0 amide bonds. The molecule has 0 aliphatic carbocycles. The van der Waals surface area contributed by atoms with Gasteiger partial charge in [0, 0.05) is 11.1 Å². The van der Waals surface area contributed by atoms with Crippen LogP contribution in [-0.4, -0.2) is 9.78 Å². The van der Waals surface area contributed by atoms with Crippen LogP contribution >= 0.6 is 18.5 Å². The van der Waals surface area contributed by atoms with E-state index in [4.69, 9.17) is 0 Å². The van der Waals surface area contributed by atoms with Gasteiger partial charge < -0.3 is 0 Å². The number of hydrogen-bond acceptors (Lipinski definition) is 1. The van der Waals surface area contributed by atoms with Crippen molar-refractivity contribution in [1.82, 2.24) is 9.78 Å². The van der Waals surface area contributed by atoms with Crippen LogP contribution in [0.2, 0.25) is 0 Å². The average molecular weight is 224 g/mol. The van der Waals surface area contributed by atoms with E-state index in [0.717, 1.165) is 5.52 Å². The topological polar surface area (TPSA) is 17.8 Å². The predicted molar refractivity (Wildman–Crippen MR) is 67.7 cm³/mol. The highest BCUT2D eigenvalue weighted by molar-refractivity contribution is 7.36. The first-order valence-corrected chi connectivity index (χ1v) is 5.89. The van der Waals surface area contributed by atoms with Gasteiger partial charge in [0.25, 0.3) is 0 Å². The molecule has 14 heavy (non-hydrogen) atoms. The zero-order chi connectivity index (χ0) is 10.3. The van der Waals surface area contributed by atoms with Crippen LogP contribution in [-0.2, 0) is 0 Å². The number of rotatable bonds is 1. The molecule has 4 heteroatoms. The largest absolute Gasteiger partial charge is 0.258 e. The minimum Gasteiger partial charge on any atom is -0.258 e. The molecule has 2 atom stereocenters. The fourth-order valence-electron chi connectivity index (χ4n) is 1.64. The molecule has 1 aromatic carbocycles. The smallest absolute Gasteiger partial charge is 0.0929 e. The van der Waals surface area contributed by atoms with Gasteiger partial charge in [0.2, 0.25) is 0 Å². The Bertz CT molecular complexity index is 474. The molecule has 0 aliphatic heterocycles. The summed E-state index contributed by atoms with van der Waals surface area (Å²) < 4.78 is 2.01. The van der Waals surface area contributed by atoms with Crippen molar-refractivity contribution in [2.24, 2.45) is 0 Å². The summed E-state index contributed by atoms with van der Waals surface area (Å²) in [6, 6.07) is 6.39. The summed E-state index contributed by atoms with van der Waals surface area (Å²) in [5, 5.41) is 5.79. The molecule has 0 saturated heterocycles. The number of aryl methyl sites for hydroxylation is 2. The Kier molecular flexibility index (Phi) is 2.60. The molecule has 0 radical (unpaired) electrons. The standard InChI is InChI=1S/C10H14N2P2/c1-6-3-4-8-7(2)12(10(13)14)11-9(8)5-6/h3-5,10H,13-14H2,1-2H3. The van der Waals surface area contributed by atoms with E-state index in [1.54, 1.807) is 0 Å². The first-order chi connectivity index (χ1) is 6.59. The third-order valence-corrected chi connectivity index (χ3v) is 2.95. The highest BCUT2D eigenvalue weighted by Gasteiger charge is 2.08. The van der Waals surface area contributed by atoms with Crippen molar-refractivity contribution in [3.05, 3.63) is 29.5 Å². The number of hydrogen-bond donors (Lipinski definition) is 0. The van der Waals surface area contributed by atoms with Gasteiger partial charge in [0.1, 0.15) is 0 Å². The van der Waals surface area contributed by atoms with Crippen molar-refractivity contribution in [1.29, 1.82) is 0 Å². The first kappa shape index (κ1) is 10.1. The van der Waals surface area contributed by atoms with Crippen LogP contribution in [0, 0.1) is 13.8 Å². The Labute approximate surface area is 88.5 Å². The minimum atomic E-state index is 0.266. The second-order valence-electron chi connectivity index (χ2n) is 3.54. The molecule has 0 bridgehead atoms. The summed E-state index contributed by atoms with van der Waals surface area (Å²) in [6.07, 6.45) is 0. The lowest BCUT2D eigenvalue weighted by Gasteiger charge is -2.06. The molecule has 2 aromatic rings. The Morgan fingerprint density at radius 1 is 1.29 bits per heavy atom. The summed E-state index contributed by atoms with van der Waals surface area (Å²) in [4.78, 5) is 0. The molecule has 1 heterocycles. The van der Waals surface area contributed by atoms with Gasteiger partial charge in [0.05, 0.1) is 11.0 Å². The van der Waals surface area contributed by atoms with E-state index in [2.05, 4.69) is 55.6 Å². The molecular weight excluding hydrogens is 210 g/mol. The molecular formula is C10H14N2P2. The molecule has 1 aromatic heterocycles. The van der Waals surface area contributed by atoms with Gasteiger partial charge in [-0.2, -0.15) is 5.10 Å². The maximum absolute atomic E-state index is 4.55. The summed E-state index contributed by atoms with van der Waals surface area (Å²) in [5.74, 6) is 0. The lowest BCUT2D eigenvalue weighted by atomic mass is 10.1. The molecule has 2 rings (SSSR count). The predicted octanol–water partition coefficient (Wildman–Crippen LogP) is 2.86. The van der Waals surface area contributed by atoms with Gasteiger partial charge in [-0.15, -0.1) is 18.5 Å². The zero-order valence-corrected chi connectivity index (χ0v) is 10.7. The maximum atomic E-state index is 4.55. The molecule has 2 nitrogen and oxygen atoms in total. The van der Waals surface area contributed by atoms with Crippen molar-refractivity contribution in [3.8, 4) is 0 Å². The number of aromatic nitrogens is 2. The third kappa shape index (κ3) is 1.58. The fourth-order valence-corrected chi connectivity index (χ4v) is 2.22. The van der Waals surface area contributed by atoms with Crippen LogP contribution in [0.15, 0.2) is 18.2 Å². The van der Waals surface area contributed by atoms with Gasteiger partial charge in [-0.3, -0.25) is 4.68 Å². The van der Waals surface area contributed by atoms with E-state index in [-0.39, 0.29) is 5.52 Å². The number of benzene rings is 1. The van der Waals surface area contributed by atoms with Crippen LogP contribution in [0.5, 0.6) is 0 Å². The van der Waals surface area contributed by atoms with Crippen molar-refractivity contribution in [2.75, 3.05) is 0 Å². The van der Waals surface area contributed by atoms with E-state index in [1.165, 1.54) is 16.6 Å². The third-order valence-electron chi connectivity index (χ3n) is 2.38. The summed E-state index contributed by atoms with van der Waals surface area (Å²) >= 11 is 0. The van der Waals surface area contributed by atoms with E-state index in [9.17, 15) is 0 Å². The molecule has 74 valence electrons. The van der Waals surface area contributed by atoms with E-state index < -0.39 is 0 Å². The van der Waals surface area contributed by atoms with Gasteiger partial charge in [-0.25, -0.2) is 0 Å². The molecule has 0 saturated carbocycles. The summed E-state index contributed by atoms with van der Waals surface area (Å²) in [5.41, 5.74) is 3.82. The second-order valence-corrected chi connectivity index (χ2v) is 5.68. The van der Waals surface area contributed by atoms with E-state index >= 15 is 0 Å². The Morgan fingerprint density at radius 3 is 2.64 bits per heavy atom. The average Bonchev–Trinajstić information content (AvgIpc) is 2.43. The van der Waals surface area contributed by atoms with Crippen molar-refractivity contribution < 1.29 is 0 Å². The van der Waals surface area contributed by atoms with Crippen molar-refractivity contribution in [3.63, 3.8) is 0 Å². The van der Waals surface area contributed by atoms with Gasteiger partial charge in [0.15, 0.2) is 0 Å². The van der Waals surface area contributed by atoms with Gasteiger partial charge in [-0.05, 0) is 25.5 Å². The van der Waals surface area contributed by atoms with Gasteiger partial charge >= 0.3 is 0 Å². The SMILES string of the molecule is Cc1ccc2c(C)n(C(P)P)nc2c1. The monoisotopic (exact) mass is 224 g/mol. The lowest BCUT2D eigenvalue weighted by molar-refractivity contribution is 0.721. The van der Waals surface area contributed by atoms with Crippen LogP contribution in [0.25, 0.3) is 10.9 Å². The summed E-state index contributed by atoms with van der Waals surface area (Å²) in [7, 11) is 5.46. The van der Waals surface area contributed by atoms with E-state index in [0.29, 0.717) is 0 Å². The Hall–Kier alpha value is -0.450. The minimum absolute atomic E-state index is 0.266. The Balaban J connectivity index is 2.73. The molecule has 2 unspecified atom stereocenters. The van der Waals surface area contributed by atoms with Crippen LogP contribution in [0.4, 0.5) is 0 Å². The maximum Gasteiger partial charge on any atom is 0.0929 e. The summed E-state index contributed by atoms with van der Waals surface area (Å²) in [6.45, 7) is 4.19. The number of nitrogens with zero attached hydrogens (tertiary/aromatic N) is 2. The quantitative estimate of drug-likeness (QED) is 0.681. The van der Waals surface area contributed by atoms with Gasteiger partial charge in [-0.1, -0.05) is 12.1 Å².